The molecule has 0 atom stereocenters. The van der Waals surface area contributed by atoms with Crippen LogP contribution in [0.4, 0.5) is 0 Å². The van der Waals surface area contributed by atoms with Crippen molar-refractivity contribution in [2.24, 2.45) is 0 Å². The predicted octanol–water partition coefficient (Wildman–Crippen LogP) is 7.03. The summed E-state index contributed by atoms with van der Waals surface area (Å²) in [5, 5.41) is 9.17. The standard InChI is InChI=1S/C30H40N2O2/c1-2-3-4-5-6-7-8-9-10-14-17-29-31(24-26-15-12-11-13-16-26)22-23-32(29)25-27-18-20-28(21-19-27)30(33)34/h11-13,15-16,18-23H,2-10,14,17,24-25H2,1H3/p+1. The summed E-state index contributed by atoms with van der Waals surface area (Å²) in [6, 6.07) is 17.9. The number of hydrogen-bond acceptors (Lipinski definition) is 1. The number of carboxylic acid groups (broad SMARTS) is 1. The van der Waals surface area contributed by atoms with Crippen molar-refractivity contribution in [3.8, 4) is 0 Å². The van der Waals surface area contributed by atoms with E-state index < -0.39 is 5.97 Å². The fraction of sp³-hybridized carbons (Fsp3) is 0.467. The Hall–Kier alpha value is -2.88. The summed E-state index contributed by atoms with van der Waals surface area (Å²) in [7, 11) is 0. The number of aromatic carboxylic acids is 1. The molecule has 0 aliphatic heterocycles. The molecule has 0 saturated heterocycles. The summed E-state index contributed by atoms with van der Waals surface area (Å²) in [6.07, 6.45) is 18.8. The first-order valence-electron chi connectivity index (χ1n) is 13.1. The Labute approximate surface area is 205 Å². The summed E-state index contributed by atoms with van der Waals surface area (Å²) < 4.78 is 4.70. The summed E-state index contributed by atoms with van der Waals surface area (Å²) in [6.45, 7) is 3.91. The van der Waals surface area contributed by atoms with Crippen molar-refractivity contribution in [3.63, 3.8) is 0 Å². The fourth-order valence-corrected chi connectivity index (χ4v) is 4.57. The van der Waals surface area contributed by atoms with E-state index >= 15 is 0 Å². The van der Waals surface area contributed by atoms with E-state index in [1.807, 2.05) is 12.1 Å². The van der Waals surface area contributed by atoms with Crippen LogP contribution in [0.5, 0.6) is 0 Å². The van der Waals surface area contributed by atoms with Crippen LogP contribution < -0.4 is 4.57 Å². The smallest absolute Gasteiger partial charge is 0.335 e. The van der Waals surface area contributed by atoms with Crippen LogP contribution in [-0.2, 0) is 19.5 Å². The highest BCUT2D eigenvalue weighted by Gasteiger charge is 2.18. The number of imidazole rings is 1. The van der Waals surface area contributed by atoms with Crippen molar-refractivity contribution < 1.29 is 14.5 Å². The van der Waals surface area contributed by atoms with Gasteiger partial charge in [-0.1, -0.05) is 107 Å². The SMILES string of the molecule is CCCCCCCCCCCCc1n(Cc2ccc(C(=O)O)cc2)cc[n+]1Cc1ccccc1. The van der Waals surface area contributed by atoms with Crippen molar-refractivity contribution in [2.75, 3.05) is 0 Å². The lowest BCUT2D eigenvalue weighted by molar-refractivity contribution is -0.695. The Morgan fingerprint density at radius 1 is 0.794 bits per heavy atom. The van der Waals surface area contributed by atoms with Gasteiger partial charge >= 0.3 is 5.97 Å². The largest absolute Gasteiger partial charge is 0.478 e. The molecule has 4 heteroatoms. The molecule has 0 saturated carbocycles. The highest BCUT2D eigenvalue weighted by molar-refractivity contribution is 5.87. The van der Waals surface area contributed by atoms with Gasteiger partial charge in [-0.05, 0) is 29.7 Å². The second-order valence-corrected chi connectivity index (χ2v) is 9.39. The van der Waals surface area contributed by atoms with E-state index in [4.69, 9.17) is 5.11 Å². The molecule has 3 aromatic rings. The first-order valence-corrected chi connectivity index (χ1v) is 13.1. The molecule has 0 fully saturated rings. The van der Waals surface area contributed by atoms with Gasteiger partial charge < -0.3 is 5.11 Å². The van der Waals surface area contributed by atoms with Gasteiger partial charge in [-0.3, -0.25) is 0 Å². The van der Waals surface area contributed by atoms with Crippen molar-refractivity contribution in [1.29, 1.82) is 0 Å². The van der Waals surface area contributed by atoms with Gasteiger partial charge in [0.05, 0.1) is 5.56 Å². The van der Waals surface area contributed by atoms with E-state index in [1.165, 1.54) is 75.6 Å². The third-order valence-corrected chi connectivity index (χ3v) is 6.59. The van der Waals surface area contributed by atoms with E-state index in [-0.39, 0.29) is 0 Å². The molecule has 1 N–H and O–H groups in total. The lowest BCUT2D eigenvalue weighted by Gasteiger charge is -2.07. The summed E-state index contributed by atoms with van der Waals surface area (Å²) in [5.74, 6) is 0.459. The Bertz CT molecular complexity index is 977. The highest BCUT2D eigenvalue weighted by Crippen LogP contribution is 2.14. The zero-order valence-corrected chi connectivity index (χ0v) is 20.8. The molecule has 0 unspecified atom stereocenters. The number of carbonyl (C=O) groups is 1. The average molecular weight is 462 g/mol. The molecular formula is C30H41N2O2+. The summed E-state index contributed by atoms with van der Waals surface area (Å²) >= 11 is 0. The molecule has 0 radical (unpaired) electrons. The number of unbranched alkanes of at least 4 members (excludes halogenated alkanes) is 9. The second kappa shape index (κ2) is 14.4. The number of rotatable bonds is 16. The molecule has 1 heterocycles. The molecule has 4 nitrogen and oxygen atoms in total. The molecule has 1 aromatic heterocycles. The maximum atomic E-state index is 11.2. The van der Waals surface area contributed by atoms with Gasteiger partial charge in [-0.15, -0.1) is 0 Å². The number of hydrogen-bond donors (Lipinski definition) is 1. The molecular weight excluding hydrogens is 420 g/mol. The zero-order chi connectivity index (χ0) is 24.0. The van der Waals surface area contributed by atoms with E-state index in [9.17, 15) is 4.79 Å². The van der Waals surface area contributed by atoms with Crippen LogP contribution in [0.15, 0.2) is 67.0 Å². The second-order valence-electron chi connectivity index (χ2n) is 9.39. The van der Waals surface area contributed by atoms with E-state index in [2.05, 4.69) is 58.8 Å². The van der Waals surface area contributed by atoms with Crippen LogP contribution in [-0.4, -0.2) is 15.6 Å². The van der Waals surface area contributed by atoms with Gasteiger partial charge in [-0.25, -0.2) is 13.9 Å². The first kappa shape index (κ1) is 25.7. The molecule has 0 aliphatic carbocycles. The third kappa shape index (κ3) is 8.48. The highest BCUT2D eigenvalue weighted by atomic mass is 16.4. The third-order valence-electron chi connectivity index (χ3n) is 6.59. The Balaban J connectivity index is 1.57. The van der Waals surface area contributed by atoms with Crippen LogP contribution in [0.3, 0.4) is 0 Å². The molecule has 0 aliphatic rings. The lowest BCUT2D eigenvalue weighted by Crippen LogP contribution is -2.38. The van der Waals surface area contributed by atoms with Gasteiger partial charge in [0, 0.05) is 6.42 Å². The van der Waals surface area contributed by atoms with Gasteiger partial charge in [-0.2, -0.15) is 0 Å². The van der Waals surface area contributed by atoms with Crippen LogP contribution in [0.2, 0.25) is 0 Å². The topological polar surface area (TPSA) is 46.1 Å². The molecule has 2 aromatic carbocycles. The maximum Gasteiger partial charge on any atom is 0.335 e. The summed E-state index contributed by atoms with van der Waals surface area (Å²) in [5.41, 5.74) is 2.76. The molecule has 34 heavy (non-hydrogen) atoms. The normalized spacial score (nSPS) is 11.1. The lowest BCUT2D eigenvalue weighted by atomic mass is 10.1. The molecule has 0 bridgehead atoms. The molecule has 182 valence electrons. The number of aromatic nitrogens is 2. The van der Waals surface area contributed by atoms with Crippen LogP contribution in [0.25, 0.3) is 0 Å². The number of carboxylic acids is 1. The van der Waals surface area contributed by atoms with Crippen molar-refractivity contribution in [3.05, 3.63) is 89.5 Å². The molecule has 0 amide bonds. The summed E-state index contributed by atoms with van der Waals surface area (Å²) in [4.78, 5) is 11.2. The molecule has 3 rings (SSSR count). The minimum Gasteiger partial charge on any atom is -0.478 e. The van der Waals surface area contributed by atoms with Crippen LogP contribution in [0, 0.1) is 0 Å². The Kier molecular flexibility index (Phi) is 10.9. The Morgan fingerprint density at radius 3 is 2.03 bits per heavy atom. The van der Waals surface area contributed by atoms with Gasteiger partial charge in [0.15, 0.2) is 0 Å². The maximum absolute atomic E-state index is 11.2. The number of benzene rings is 2. The van der Waals surface area contributed by atoms with E-state index in [0.29, 0.717) is 5.56 Å². The molecule has 0 spiro atoms. The minimum absolute atomic E-state index is 0.334. The van der Waals surface area contributed by atoms with Crippen LogP contribution in [0.1, 0.15) is 98.4 Å². The quantitative estimate of drug-likeness (QED) is 0.184. The minimum atomic E-state index is -0.880. The van der Waals surface area contributed by atoms with E-state index in [0.717, 1.165) is 25.1 Å². The number of nitrogens with zero attached hydrogens (tertiary/aromatic N) is 2. The monoisotopic (exact) mass is 461 g/mol. The van der Waals surface area contributed by atoms with Crippen molar-refractivity contribution in [1.82, 2.24) is 4.57 Å². The van der Waals surface area contributed by atoms with E-state index in [1.54, 1.807) is 12.1 Å². The van der Waals surface area contributed by atoms with Crippen molar-refractivity contribution in [2.45, 2.75) is 90.6 Å². The van der Waals surface area contributed by atoms with Gasteiger partial charge in [0.1, 0.15) is 25.5 Å². The first-order chi connectivity index (χ1) is 16.7. The predicted molar refractivity (Wildman–Crippen MR) is 138 cm³/mol. The fourth-order valence-electron chi connectivity index (χ4n) is 4.57. The van der Waals surface area contributed by atoms with Crippen LogP contribution >= 0.6 is 0 Å². The zero-order valence-electron chi connectivity index (χ0n) is 20.8. The van der Waals surface area contributed by atoms with Crippen molar-refractivity contribution >= 4 is 5.97 Å². The average Bonchev–Trinajstić information content (AvgIpc) is 3.22. The van der Waals surface area contributed by atoms with Gasteiger partial charge in [0.25, 0.3) is 5.82 Å². The van der Waals surface area contributed by atoms with Gasteiger partial charge in [0.2, 0.25) is 0 Å². The Morgan fingerprint density at radius 2 is 1.41 bits per heavy atom.